The third kappa shape index (κ3) is 10.0. The van der Waals surface area contributed by atoms with Crippen molar-refractivity contribution in [2.24, 2.45) is 0 Å². The zero-order chi connectivity index (χ0) is 8.69. The van der Waals surface area contributed by atoms with Crippen molar-refractivity contribution in [1.82, 2.24) is 4.72 Å². The fourth-order valence-corrected chi connectivity index (χ4v) is 0.870. The summed E-state index contributed by atoms with van der Waals surface area (Å²) in [6.45, 7) is 5.05. The molecule has 1 atom stereocenters. The van der Waals surface area contributed by atoms with Crippen LogP contribution in [-0.2, 0) is 16.0 Å². The summed E-state index contributed by atoms with van der Waals surface area (Å²) < 4.78 is 25.9. The van der Waals surface area contributed by atoms with Crippen LogP contribution in [0.5, 0.6) is 0 Å². The number of ether oxygens (including phenoxy) is 1. The van der Waals surface area contributed by atoms with Crippen molar-refractivity contribution in [2.45, 2.75) is 26.4 Å². The highest BCUT2D eigenvalue weighted by Crippen LogP contribution is 1.88. The van der Waals surface area contributed by atoms with Crippen molar-refractivity contribution >= 4 is 11.3 Å². The zero-order valence-electron chi connectivity index (χ0n) is 6.87. The van der Waals surface area contributed by atoms with Gasteiger partial charge < -0.3 is 4.74 Å². The van der Waals surface area contributed by atoms with Crippen molar-refractivity contribution in [2.75, 3.05) is 13.2 Å². The third-order valence-corrected chi connectivity index (χ3v) is 1.45. The van der Waals surface area contributed by atoms with Crippen LogP contribution in [0.1, 0.15) is 20.3 Å². The molecule has 0 aromatic heterocycles. The van der Waals surface area contributed by atoms with E-state index >= 15 is 0 Å². The number of hydrogen-bond donors (Lipinski definition) is 2. The predicted octanol–water partition coefficient (Wildman–Crippen LogP) is 0.528. The summed E-state index contributed by atoms with van der Waals surface area (Å²) in [6.07, 6.45) is 0.986. The van der Waals surface area contributed by atoms with Gasteiger partial charge in [-0.25, -0.2) is 8.93 Å². The second kappa shape index (κ2) is 6.72. The van der Waals surface area contributed by atoms with Crippen LogP contribution >= 0.6 is 0 Å². The lowest BCUT2D eigenvalue weighted by atomic mass is 10.4. The maximum absolute atomic E-state index is 10.1. The van der Waals surface area contributed by atoms with E-state index in [0.29, 0.717) is 13.2 Å². The van der Waals surface area contributed by atoms with Crippen LogP contribution in [0.4, 0.5) is 0 Å². The van der Waals surface area contributed by atoms with Crippen LogP contribution in [0.25, 0.3) is 0 Å². The van der Waals surface area contributed by atoms with Gasteiger partial charge in [0.15, 0.2) is 0 Å². The molecule has 0 saturated carbocycles. The molecule has 68 valence electrons. The fraction of sp³-hybridized carbons (Fsp3) is 1.00. The third-order valence-electron chi connectivity index (χ3n) is 0.998. The Morgan fingerprint density at radius 3 is 2.73 bits per heavy atom. The summed E-state index contributed by atoms with van der Waals surface area (Å²) >= 11 is -1.89. The lowest BCUT2D eigenvalue weighted by Crippen LogP contribution is -2.19. The summed E-state index contributed by atoms with van der Waals surface area (Å²) in [5, 5.41) is 0. The van der Waals surface area contributed by atoms with Crippen molar-refractivity contribution in [1.29, 1.82) is 0 Å². The summed E-state index contributed by atoms with van der Waals surface area (Å²) in [6, 6.07) is 0. The van der Waals surface area contributed by atoms with Crippen molar-refractivity contribution in [3.63, 3.8) is 0 Å². The topological polar surface area (TPSA) is 58.6 Å². The smallest absolute Gasteiger partial charge is 0.231 e. The first kappa shape index (κ1) is 11.0. The van der Waals surface area contributed by atoms with Gasteiger partial charge in [-0.05, 0) is 20.3 Å². The van der Waals surface area contributed by atoms with Gasteiger partial charge in [-0.3, -0.25) is 4.55 Å². The molecule has 1 unspecified atom stereocenters. The highest BCUT2D eigenvalue weighted by Gasteiger charge is 1.94. The average Bonchev–Trinajstić information content (AvgIpc) is 1.85. The van der Waals surface area contributed by atoms with E-state index in [1.54, 1.807) is 0 Å². The van der Waals surface area contributed by atoms with Gasteiger partial charge in [0, 0.05) is 13.2 Å². The molecule has 0 heterocycles. The minimum atomic E-state index is -1.89. The number of hydrogen-bond acceptors (Lipinski definition) is 2. The standard InChI is InChI=1S/C6H15NO3S/c1-6(2)10-5-3-4-7-11(8)9/h6-7H,3-5H2,1-2H3,(H,8,9). The van der Waals surface area contributed by atoms with E-state index < -0.39 is 11.3 Å². The van der Waals surface area contributed by atoms with Crippen LogP contribution in [0.15, 0.2) is 0 Å². The Morgan fingerprint density at radius 2 is 2.27 bits per heavy atom. The van der Waals surface area contributed by atoms with Gasteiger partial charge in [-0.15, -0.1) is 0 Å². The summed E-state index contributed by atoms with van der Waals surface area (Å²) in [4.78, 5) is 0. The lowest BCUT2D eigenvalue weighted by molar-refractivity contribution is 0.0778. The highest BCUT2D eigenvalue weighted by molar-refractivity contribution is 7.77. The predicted molar refractivity (Wildman–Crippen MR) is 44.5 cm³/mol. The quantitative estimate of drug-likeness (QED) is 0.464. The molecule has 0 rings (SSSR count). The minimum Gasteiger partial charge on any atom is -0.379 e. The monoisotopic (exact) mass is 181 g/mol. The molecular formula is C6H15NO3S. The Hall–Kier alpha value is 0.0300. The Morgan fingerprint density at radius 1 is 1.64 bits per heavy atom. The van der Waals surface area contributed by atoms with Gasteiger partial charge in [-0.1, -0.05) is 0 Å². The Bertz CT molecular complexity index is 118. The molecule has 0 aliphatic rings. The van der Waals surface area contributed by atoms with E-state index in [1.165, 1.54) is 0 Å². The molecule has 0 radical (unpaired) electrons. The van der Waals surface area contributed by atoms with Crippen LogP contribution in [0.2, 0.25) is 0 Å². The maximum Gasteiger partial charge on any atom is 0.231 e. The Balaban J connectivity index is 2.97. The van der Waals surface area contributed by atoms with E-state index in [9.17, 15) is 4.21 Å². The lowest BCUT2D eigenvalue weighted by Gasteiger charge is -2.06. The van der Waals surface area contributed by atoms with Crippen molar-refractivity contribution in [3.8, 4) is 0 Å². The van der Waals surface area contributed by atoms with Crippen LogP contribution < -0.4 is 4.72 Å². The molecule has 0 aliphatic carbocycles. The second-order valence-electron chi connectivity index (χ2n) is 2.42. The van der Waals surface area contributed by atoms with E-state index in [4.69, 9.17) is 9.29 Å². The second-order valence-corrected chi connectivity index (χ2v) is 3.20. The summed E-state index contributed by atoms with van der Waals surface area (Å²) in [5.41, 5.74) is 0. The molecular weight excluding hydrogens is 166 g/mol. The van der Waals surface area contributed by atoms with Gasteiger partial charge in [0.2, 0.25) is 11.3 Å². The van der Waals surface area contributed by atoms with Crippen LogP contribution in [0.3, 0.4) is 0 Å². The molecule has 0 amide bonds. The van der Waals surface area contributed by atoms with Crippen molar-refractivity contribution < 1.29 is 13.5 Å². The molecule has 5 heteroatoms. The molecule has 11 heavy (non-hydrogen) atoms. The van der Waals surface area contributed by atoms with Gasteiger partial charge in [0.1, 0.15) is 0 Å². The zero-order valence-corrected chi connectivity index (χ0v) is 7.69. The molecule has 0 spiro atoms. The first-order valence-electron chi connectivity index (χ1n) is 3.59. The van der Waals surface area contributed by atoms with Gasteiger partial charge in [0.05, 0.1) is 6.10 Å². The molecule has 0 saturated heterocycles. The van der Waals surface area contributed by atoms with Crippen molar-refractivity contribution in [3.05, 3.63) is 0 Å². The van der Waals surface area contributed by atoms with Gasteiger partial charge >= 0.3 is 0 Å². The molecule has 0 bridgehead atoms. The minimum absolute atomic E-state index is 0.231. The summed E-state index contributed by atoms with van der Waals surface area (Å²) in [7, 11) is 0. The fourth-order valence-electron chi connectivity index (χ4n) is 0.551. The molecule has 0 fully saturated rings. The molecule has 0 aliphatic heterocycles. The van der Waals surface area contributed by atoms with Gasteiger partial charge in [0.25, 0.3) is 0 Å². The highest BCUT2D eigenvalue weighted by atomic mass is 32.2. The summed E-state index contributed by atoms with van der Waals surface area (Å²) in [5.74, 6) is 0. The van der Waals surface area contributed by atoms with E-state index in [1.807, 2.05) is 13.8 Å². The molecule has 0 aromatic carbocycles. The van der Waals surface area contributed by atoms with Crippen LogP contribution in [-0.4, -0.2) is 28.0 Å². The largest absolute Gasteiger partial charge is 0.379 e. The van der Waals surface area contributed by atoms with E-state index in [2.05, 4.69) is 4.72 Å². The van der Waals surface area contributed by atoms with Crippen LogP contribution in [0, 0.1) is 0 Å². The first-order valence-corrected chi connectivity index (χ1v) is 4.69. The number of nitrogens with one attached hydrogen (secondary N) is 1. The normalized spacial score (nSPS) is 13.8. The average molecular weight is 181 g/mol. The van der Waals surface area contributed by atoms with Gasteiger partial charge in [-0.2, -0.15) is 0 Å². The maximum atomic E-state index is 10.1. The Labute approximate surface area is 69.7 Å². The SMILES string of the molecule is CC(C)OCCCNS(=O)O. The van der Waals surface area contributed by atoms with E-state index in [-0.39, 0.29) is 6.10 Å². The molecule has 2 N–H and O–H groups in total. The molecule has 0 aromatic rings. The first-order chi connectivity index (χ1) is 5.13. The molecule has 4 nitrogen and oxygen atoms in total. The Kier molecular flexibility index (Phi) is 6.74. The number of rotatable bonds is 6. The van der Waals surface area contributed by atoms with E-state index in [0.717, 1.165) is 6.42 Å².